The van der Waals surface area contributed by atoms with E-state index in [1.165, 1.54) is 52.0 Å². The average Bonchev–Trinajstić information content (AvgIpc) is 3.02. The minimum absolute atomic E-state index is 0.671. The monoisotopic (exact) mass is 239 g/mol. The number of likely N-dealkylation sites (tertiary alicyclic amines) is 1. The molecule has 1 aliphatic heterocycles. The fourth-order valence-electron chi connectivity index (χ4n) is 2.46. The van der Waals surface area contributed by atoms with Gasteiger partial charge in [0.15, 0.2) is 0 Å². The number of rotatable bonds is 7. The van der Waals surface area contributed by atoms with Crippen LogP contribution in [-0.4, -0.2) is 61.7 Å². The van der Waals surface area contributed by atoms with Crippen LogP contribution in [0.1, 0.15) is 33.1 Å². The Morgan fingerprint density at radius 2 is 2.06 bits per heavy atom. The summed E-state index contributed by atoms with van der Waals surface area (Å²) in [6.07, 6.45) is 4.22. The highest BCUT2D eigenvalue weighted by Crippen LogP contribution is 2.21. The SMILES string of the molecule is CC(C)N(C)CCN1CCC(CNC2CC2)C1. The molecule has 1 aliphatic carbocycles. The summed E-state index contributed by atoms with van der Waals surface area (Å²) in [5, 5.41) is 3.67. The molecule has 2 fully saturated rings. The van der Waals surface area contributed by atoms with E-state index in [-0.39, 0.29) is 0 Å². The van der Waals surface area contributed by atoms with Gasteiger partial charge < -0.3 is 15.1 Å². The molecule has 1 N–H and O–H groups in total. The van der Waals surface area contributed by atoms with Crippen LogP contribution < -0.4 is 5.32 Å². The largest absolute Gasteiger partial charge is 0.314 e. The van der Waals surface area contributed by atoms with Gasteiger partial charge in [-0.25, -0.2) is 0 Å². The van der Waals surface area contributed by atoms with Gasteiger partial charge >= 0.3 is 0 Å². The first kappa shape index (κ1) is 13.3. The van der Waals surface area contributed by atoms with Crippen molar-refractivity contribution in [3.63, 3.8) is 0 Å². The van der Waals surface area contributed by atoms with Crippen LogP contribution in [0.25, 0.3) is 0 Å². The average molecular weight is 239 g/mol. The highest BCUT2D eigenvalue weighted by molar-refractivity contribution is 4.84. The predicted octanol–water partition coefficient (Wildman–Crippen LogP) is 1.40. The second-order valence-corrected chi connectivity index (χ2v) is 6.21. The van der Waals surface area contributed by atoms with E-state index >= 15 is 0 Å². The van der Waals surface area contributed by atoms with Crippen LogP contribution in [0.3, 0.4) is 0 Å². The van der Waals surface area contributed by atoms with Gasteiger partial charge in [-0.15, -0.1) is 0 Å². The minimum atomic E-state index is 0.671. The predicted molar refractivity (Wildman–Crippen MR) is 73.3 cm³/mol. The van der Waals surface area contributed by atoms with Gasteiger partial charge in [0.05, 0.1) is 0 Å². The number of hydrogen-bond acceptors (Lipinski definition) is 3. The van der Waals surface area contributed by atoms with Gasteiger partial charge in [-0.05, 0) is 59.2 Å². The molecule has 100 valence electrons. The third kappa shape index (κ3) is 4.57. The molecule has 3 nitrogen and oxygen atoms in total. The molecule has 1 atom stereocenters. The summed E-state index contributed by atoms with van der Waals surface area (Å²) in [4.78, 5) is 5.08. The lowest BCUT2D eigenvalue weighted by Crippen LogP contribution is -2.36. The zero-order valence-electron chi connectivity index (χ0n) is 11.8. The topological polar surface area (TPSA) is 18.5 Å². The lowest BCUT2D eigenvalue weighted by molar-refractivity contribution is 0.221. The molecule has 1 saturated carbocycles. The van der Waals surface area contributed by atoms with E-state index < -0.39 is 0 Å². The second-order valence-electron chi connectivity index (χ2n) is 6.21. The Labute approximate surface area is 107 Å². The van der Waals surface area contributed by atoms with Crippen LogP contribution in [-0.2, 0) is 0 Å². The zero-order chi connectivity index (χ0) is 12.3. The van der Waals surface area contributed by atoms with Crippen molar-refractivity contribution >= 4 is 0 Å². The second kappa shape index (κ2) is 6.17. The fraction of sp³-hybridized carbons (Fsp3) is 1.00. The smallest absolute Gasteiger partial charge is 0.0109 e. The maximum absolute atomic E-state index is 3.67. The van der Waals surface area contributed by atoms with Crippen molar-refractivity contribution in [2.24, 2.45) is 5.92 Å². The molecule has 1 saturated heterocycles. The summed E-state index contributed by atoms with van der Waals surface area (Å²) < 4.78 is 0. The Bertz CT molecular complexity index is 226. The molecule has 1 heterocycles. The van der Waals surface area contributed by atoms with Gasteiger partial charge in [0.1, 0.15) is 0 Å². The van der Waals surface area contributed by atoms with Crippen molar-refractivity contribution in [2.45, 2.75) is 45.2 Å². The van der Waals surface area contributed by atoms with Gasteiger partial charge in [-0.3, -0.25) is 0 Å². The summed E-state index contributed by atoms with van der Waals surface area (Å²) in [6.45, 7) is 10.9. The van der Waals surface area contributed by atoms with Crippen molar-refractivity contribution in [3.05, 3.63) is 0 Å². The minimum Gasteiger partial charge on any atom is -0.314 e. The summed E-state index contributed by atoms with van der Waals surface area (Å²) in [5.41, 5.74) is 0. The molecule has 0 aromatic carbocycles. The lowest BCUT2D eigenvalue weighted by atomic mass is 10.1. The van der Waals surface area contributed by atoms with Crippen LogP contribution in [0, 0.1) is 5.92 Å². The summed E-state index contributed by atoms with van der Waals surface area (Å²) in [7, 11) is 2.23. The molecule has 0 radical (unpaired) electrons. The Hall–Kier alpha value is -0.120. The van der Waals surface area contributed by atoms with E-state index in [4.69, 9.17) is 0 Å². The van der Waals surface area contributed by atoms with Crippen LogP contribution >= 0.6 is 0 Å². The zero-order valence-corrected chi connectivity index (χ0v) is 11.8. The third-order valence-electron chi connectivity index (χ3n) is 4.29. The molecule has 0 spiro atoms. The van der Waals surface area contributed by atoms with E-state index in [0.29, 0.717) is 6.04 Å². The Kier molecular flexibility index (Phi) is 4.83. The van der Waals surface area contributed by atoms with Crippen molar-refractivity contribution in [1.82, 2.24) is 15.1 Å². The first-order chi connectivity index (χ1) is 8.15. The van der Waals surface area contributed by atoms with Crippen LogP contribution in [0.4, 0.5) is 0 Å². The molecule has 3 heteroatoms. The summed E-state index contributed by atoms with van der Waals surface area (Å²) in [6, 6.07) is 1.54. The Morgan fingerprint density at radius 3 is 2.71 bits per heavy atom. The number of nitrogens with one attached hydrogen (secondary N) is 1. The molecule has 2 rings (SSSR count). The van der Waals surface area contributed by atoms with Crippen LogP contribution in [0.2, 0.25) is 0 Å². The van der Waals surface area contributed by atoms with E-state index in [0.717, 1.165) is 12.0 Å². The molecule has 17 heavy (non-hydrogen) atoms. The first-order valence-corrected chi connectivity index (χ1v) is 7.31. The Balaban J connectivity index is 1.56. The molecule has 0 amide bonds. The van der Waals surface area contributed by atoms with Gasteiger partial charge in [0.2, 0.25) is 0 Å². The summed E-state index contributed by atoms with van der Waals surface area (Å²) in [5.74, 6) is 0.903. The lowest BCUT2D eigenvalue weighted by Gasteiger charge is -2.24. The standard InChI is InChI=1S/C14H29N3/c1-12(2)16(3)8-9-17-7-6-13(11-17)10-15-14-4-5-14/h12-15H,4-11H2,1-3H3. The van der Waals surface area contributed by atoms with E-state index in [1.807, 2.05) is 0 Å². The fourth-order valence-corrected chi connectivity index (χ4v) is 2.46. The van der Waals surface area contributed by atoms with Gasteiger partial charge in [-0.1, -0.05) is 0 Å². The molecular weight excluding hydrogens is 210 g/mol. The first-order valence-electron chi connectivity index (χ1n) is 7.31. The van der Waals surface area contributed by atoms with E-state index in [1.54, 1.807) is 0 Å². The molecule has 0 aromatic rings. The maximum atomic E-state index is 3.67. The third-order valence-corrected chi connectivity index (χ3v) is 4.29. The summed E-state index contributed by atoms with van der Waals surface area (Å²) >= 11 is 0. The van der Waals surface area contributed by atoms with Gasteiger partial charge in [0, 0.05) is 31.7 Å². The van der Waals surface area contributed by atoms with Crippen molar-refractivity contribution in [3.8, 4) is 0 Å². The molecule has 1 unspecified atom stereocenters. The molecule has 2 aliphatic rings. The van der Waals surface area contributed by atoms with E-state index in [9.17, 15) is 0 Å². The number of hydrogen-bond donors (Lipinski definition) is 1. The normalized spacial score (nSPS) is 26.3. The molecule has 0 bridgehead atoms. The maximum Gasteiger partial charge on any atom is 0.0109 e. The van der Waals surface area contributed by atoms with Crippen LogP contribution in [0.15, 0.2) is 0 Å². The van der Waals surface area contributed by atoms with Gasteiger partial charge in [0.25, 0.3) is 0 Å². The number of nitrogens with zero attached hydrogens (tertiary/aromatic N) is 2. The van der Waals surface area contributed by atoms with E-state index in [2.05, 4.69) is 36.0 Å². The quantitative estimate of drug-likeness (QED) is 0.724. The Morgan fingerprint density at radius 1 is 1.29 bits per heavy atom. The molecular formula is C14H29N3. The van der Waals surface area contributed by atoms with Crippen molar-refractivity contribution in [2.75, 3.05) is 39.8 Å². The molecule has 0 aromatic heterocycles. The number of likely N-dealkylation sites (N-methyl/N-ethyl adjacent to an activating group) is 1. The van der Waals surface area contributed by atoms with Crippen molar-refractivity contribution in [1.29, 1.82) is 0 Å². The van der Waals surface area contributed by atoms with Gasteiger partial charge in [-0.2, -0.15) is 0 Å². The highest BCUT2D eigenvalue weighted by Gasteiger charge is 2.26. The van der Waals surface area contributed by atoms with Crippen LogP contribution in [0.5, 0.6) is 0 Å². The highest BCUT2D eigenvalue weighted by atomic mass is 15.2. The van der Waals surface area contributed by atoms with Crippen molar-refractivity contribution < 1.29 is 0 Å².